The van der Waals surface area contributed by atoms with Gasteiger partial charge in [-0.15, -0.1) is 0 Å². The molecule has 0 radical (unpaired) electrons. The van der Waals surface area contributed by atoms with E-state index in [0.717, 1.165) is 24.1 Å². The van der Waals surface area contributed by atoms with Gasteiger partial charge in [0.1, 0.15) is 0 Å². The van der Waals surface area contributed by atoms with Gasteiger partial charge in [-0.25, -0.2) is 0 Å². The van der Waals surface area contributed by atoms with Crippen LogP contribution in [0.1, 0.15) is 29.8 Å². The van der Waals surface area contributed by atoms with Crippen LogP contribution in [0.4, 0.5) is 0 Å². The largest absolute Gasteiger partial charge is 0.324 e. The highest BCUT2D eigenvalue weighted by atomic mass is 15.3. The van der Waals surface area contributed by atoms with Crippen molar-refractivity contribution < 1.29 is 0 Å². The van der Waals surface area contributed by atoms with E-state index in [1.807, 2.05) is 42.3 Å². The molecule has 3 aromatic rings. The van der Waals surface area contributed by atoms with Crippen LogP contribution in [0.15, 0.2) is 42.7 Å². The number of para-hydroxylation sites is 1. The third kappa shape index (κ3) is 2.54. The molecule has 0 fully saturated rings. The fourth-order valence-corrected chi connectivity index (χ4v) is 2.85. The van der Waals surface area contributed by atoms with E-state index in [4.69, 9.17) is 5.73 Å². The highest BCUT2D eigenvalue weighted by molar-refractivity contribution is 5.81. The van der Waals surface area contributed by atoms with Crippen molar-refractivity contribution in [2.75, 3.05) is 0 Å². The van der Waals surface area contributed by atoms with Crippen molar-refractivity contribution in [2.24, 2.45) is 12.8 Å². The van der Waals surface area contributed by atoms with Crippen LogP contribution in [0, 0.1) is 0 Å². The van der Waals surface area contributed by atoms with Crippen LogP contribution in [0.5, 0.6) is 0 Å². The summed E-state index contributed by atoms with van der Waals surface area (Å²) in [6, 6.07) is 10.2. The number of hydrogen-bond donors (Lipinski definition) is 1. The van der Waals surface area contributed by atoms with Crippen LogP contribution in [0.3, 0.4) is 0 Å². The van der Waals surface area contributed by atoms with Crippen molar-refractivity contribution in [2.45, 2.75) is 25.8 Å². The van der Waals surface area contributed by atoms with Gasteiger partial charge in [0, 0.05) is 37.3 Å². The van der Waals surface area contributed by atoms with Gasteiger partial charge < -0.3 is 5.73 Å². The summed E-state index contributed by atoms with van der Waals surface area (Å²) in [5.74, 6) is 0. The van der Waals surface area contributed by atoms with Crippen LogP contribution >= 0.6 is 0 Å². The second-order valence-corrected chi connectivity index (χ2v) is 5.33. The first-order valence-electron chi connectivity index (χ1n) is 7.29. The predicted octanol–water partition coefficient (Wildman–Crippen LogP) is 2.77. The van der Waals surface area contributed by atoms with Crippen molar-refractivity contribution >= 4 is 10.9 Å². The molecule has 1 aromatic carbocycles. The molecule has 2 N–H and O–H groups in total. The summed E-state index contributed by atoms with van der Waals surface area (Å²) in [4.78, 5) is 4.18. The van der Waals surface area contributed by atoms with E-state index in [9.17, 15) is 0 Å². The molecule has 0 spiro atoms. The number of fused-ring (bicyclic) bond motifs is 1. The zero-order valence-corrected chi connectivity index (χ0v) is 12.5. The summed E-state index contributed by atoms with van der Waals surface area (Å²) in [7, 11) is 1.97. The van der Waals surface area contributed by atoms with Crippen molar-refractivity contribution in [3.63, 3.8) is 0 Å². The molecular formula is C17H20N4. The molecule has 4 nitrogen and oxygen atoms in total. The highest BCUT2D eigenvalue weighted by Crippen LogP contribution is 2.24. The first-order chi connectivity index (χ1) is 10.2. The molecule has 4 heteroatoms. The Bertz CT molecular complexity index is 760. The summed E-state index contributed by atoms with van der Waals surface area (Å²) in [5.41, 5.74) is 11.0. The second kappa shape index (κ2) is 5.66. The summed E-state index contributed by atoms with van der Waals surface area (Å²) in [6.45, 7) is 2.13. The minimum absolute atomic E-state index is 0.0544. The molecule has 0 bridgehead atoms. The van der Waals surface area contributed by atoms with Gasteiger partial charge in [-0.2, -0.15) is 5.10 Å². The molecule has 1 unspecified atom stereocenters. The highest BCUT2D eigenvalue weighted by Gasteiger charge is 2.15. The number of aromatic nitrogens is 3. The molecule has 2 aromatic heterocycles. The molecule has 108 valence electrons. The summed E-state index contributed by atoms with van der Waals surface area (Å²) < 4.78 is 1.92. The fraction of sp³-hybridized carbons (Fsp3) is 0.294. The van der Waals surface area contributed by atoms with Gasteiger partial charge in [0.25, 0.3) is 0 Å². The molecule has 0 saturated carbocycles. The van der Waals surface area contributed by atoms with Crippen LogP contribution in [-0.4, -0.2) is 14.8 Å². The fourth-order valence-electron chi connectivity index (χ4n) is 2.85. The first kappa shape index (κ1) is 13.8. The number of nitrogens with two attached hydrogens (primary N) is 1. The lowest BCUT2D eigenvalue weighted by atomic mass is 9.97. The van der Waals surface area contributed by atoms with E-state index in [1.165, 1.54) is 16.5 Å². The Balaban J connectivity index is 1.95. The average molecular weight is 280 g/mol. The number of benzene rings is 1. The maximum atomic E-state index is 6.43. The third-order valence-corrected chi connectivity index (χ3v) is 3.97. The van der Waals surface area contributed by atoms with Gasteiger partial charge in [-0.05, 0) is 29.7 Å². The van der Waals surface area contributed by atoms with Crippen molar-refractivity contribution in [1.29, 1.82) is 0 Å². The number of nitrogens with zero attached hydrogens (tertiary/aromatic N) is 3. The maximum Gasteiger partial charge on any atom is 0.0722 e. The molecule has 1 atom stereocenters. The van der Waals surface area contributed by atoms with E-state index in [2.05, 4.69) is 29.1 Å². The molecule has 2 heterocycles. The van der Waals surface area contributed by atoms with E-state index >= 15 is 0 Å². The predicted molar refractivity (Wildman–Crippen MR) is 85.0 cm³/mol. The third-order valence-electron chi connectivity index (χ3n) is 3.97. The second-order valence-electron chi connectivity index (χ2n) is 5.33. The molecule has 21 heavy (non-hydrogen) atoms. The van der Waals surface area contributed by atoms with E-state index in [0.29, 0.717) is 0 Å². The van der Waals surface area contributed by atoms with Crippen LogP contribution in [0.2, 0.25) is 0 Å². The number of aryl methyl sites for hydroxylation is 2. The van der Waals surface area contributed by atoms with Crippen LogP contribution in [0.25, 0.3) is 10.9 Å². The molecular weight excluding hydrogens is 260 g/mol. The Kier molecular flexibility index (Phi) is 3.71. The Morgan fingerprint density at radius 2 is 2.05 bits per heavy atom. The average Bonchev–Trinajstić information content (AvgIpc) is 2.84. The minimum atomic E-state index is -0.0544. The lowest BCUT2D eigenvalue weighted by molar-refractivity contribution is 0.675. The SMILES string of the molecule is CCc1cnccc1C(N)Cc1nn(C)c2ccccc12. The van der Waals surface area contributed by atoms with Crippen molar-refractivity contribution in [3.05, 3.63) is 59.5 Å². The van der Waals surface area contributed by atoms with Gasteiger partial charge >= 0.3 is 0 Å². The van der Waals surface area contributed by atoms with Gasteiger partial charge in [0.15, 0.2) is 0 Å². The van der Waals surface area contributed by atoms with Crippen LogP contribution in [-0.2, 0) is 19.9 Å². The zero-order chi connectivity index (χ0) is 14.8. The smallest absolute Gasteiger partial charge is 0.0722 e. The topological polar surface area (TPSA) is 56.7 Å². The molecule has 0 saturated heterocycles. The summed E-state index contributed by atoms with van der Waals surface area (Å²) in [6.07, 6.45) is 5.40. The lowest BCUT2D eigenvalue weighted by Gasteiger charge is -2.14. The number of hydrogen-bond acceptors (Lipinski definition) is 3. The van der Waals surface area contributed by atoms with Gasteiger partial charge in [0.05, 0.1) is 11.2 Å². The Hall–Kier alpha value is -2.20. The van der Waals surface area contributed by atoms with E-state index < -0.39 is 0 Å². The van der Waals surface area contributed by atoms with Crippen molar-refractivity contribution in [1.82, 2.24) is 14.8 Å². The summed E-state index contributed by atoms with van der Waals surface area (Å²) in [5, 5.41) is 5.81. The first-order valence-corrected chi connectivity index (χ1v) is 7.29. The maximum absolute atomic E-state index is 6.43. The Labute approximate surface area is 124 Å². The molecule has 0 amide bonds. The van der Waals surface area contributed by atoms with Gasteiger partial charge in [-0.3, -0.25) is 9.67 Å². The van der Waals surface area contributed by atoms with Crippen molar-refractivity contribution in [3.8, 4) is 0 Å². The Morgan fingerprint density at radius 1 is 1.24 bits per heavy atom. The van der Waals surface area contributed by atoms with Crippen LogP contribution < -0.4 is 5.73 Å². The molecule has 0 aliphatic carbocycles. The van der Waals surface area contributed by atoms with E-state index in [1.54, 1.807) is 0 Å². The zero-order valence-electron chi connectivity index (χ0n) is 12.5. The minimum Gasteiger partial charge on any atom is -0.324 e. The Morgan fingerprint density at radius 3 is 2.86 bits per heavy atom. The summed E-state index contributed by atoms with van der Waals surface area (Å²) >= 11 is 0. The van der Waals surface area contributed by atoms with E-state index in [-0.39, 0.29) is 6.04 Å². The quantitative estimate of drug-likeness (QED) is 0.799. The van der Waals surface area contributed by atoms with Gasteiger partial charge in [-0.1, -0.05) is 25.1 Å². The molecule has 0 aliphatic rings. The monoisotopic (exact) mass is 280 g/mol. The van der Waals surface area contributed by atoms with Gasteiger partial charge in [0.2, 0.25) is 0 Å². The lowest BCUT2D eigenvalue weighted by Crippen LogP contribution is -2.16. The standard InChI is InChI=1S/C17H20N4/c1-3-12-11-19-9-8-13(12)15(18)10-16-14-6-4-5-7-17(14)21(2)20-16/h4-9,11,15H,3,10,18H2,1-2H3. The number of rotatable bonds is 4. The number of pyridine rings is 1. The normalized spacial score (nSPS) is 12.7. The molecule has 0 aliphatic heterocycles. The molecule has 3 rings (SSSR count).